The van der Waals surface area contributed by atoms with E-state index < -0.39 is 6.04 Å². The zero-order valence-electron chi connectivity index (χ0n) is 11.9. The molecule has 110 valence electrons. The molecule has 2 rings (SSSR count). The number of esters is 1. The van der Waals surface area contributed by atoms with Gasteiger partial charge in [0.15, 0.2) is 0 Å². The quantitative estimate of drug-likeness (QED) is 0.861. The van der Waals surface area contributed by atoms with Crippen LogP contribution in [-0.4, -0.2) is 18.6 Å². The van der Waals surface area contributed by atoms with E-state index in [0.29, 0.717) is 18.1 Å². The van der Waals surface area contributed by atoms with Gasteiger partial charge in [-0.3, -0.25) is 4.79 Å². The smallest absolute Gasteiger partial charge is 0.323 e. The molecular weight excluding hydrogens is 286 g/mol. The van der Waals surface area contributed by atoms with Gasteiger partial charge in [0, 0.05) is 5.02 Å². The number of rotatable bonds is 5. The normalized spacial score (nSPS) is 12.0. The lowest BCUT2D eigenvalue weighted by Gasteiger charge is -2.11. The largest absolute Gasteiger partial charge is 0.465 e. The molecule has 0 unspecified atom stereocenters. The third-order valence-corrected chi connectivity index (χ3v) is 3.40. The minimum atomic E-state index is -0.634. The molecule has 2 aromatic rings. The first kappa shape index (κ1) is 15.5. The lowest BCUT2D eigenvalue weighted by atomic mass is 10.00. The van der Waals surface area contributed by atoms with Crippen LogP contribution in [0, 0.1) is 0 Å². The lowest BCUT2D eigenvalue weighted by molar-refractivity contribution is -0.144. The predicted octanol–water partition coefficient (Wildman–Crippen LogP) is 3.44. The molecular formula is C17H18ClNO2. The second kappa shape index (κ2) is 7.25. The van der Waals surface area contributed by atoms with Crippen molar-refractivity contribution in [3.8, 4) is 11.1 Å². The predicted molar refractivity (Wildman–Crippen MR) is 85.2 cm³/mol. The van der Waals surface area contributed by atoms with Gasteiger partial charge in [-0.15, -0.1) is 0 Å². The maximum Gasteiger partial charge on any atom is 0.323 e. The van der Waals surface area contributed by atoms with Crippen molar-refractivity contribution in [1.82, 2.24) is 0 Å². The molecule has 0 aliphatic rings. The molecule has 0 radical (unpaired) electrons. The first-order valence-electron chi connectivity index (χ1n) is 6.87. The van der Waals surface area contributed by atoms with E-state index in [0.717, 1.165) is 16.7 Å². The van der Waals surface area contributed by atoms with Crippen LogP contribution in [0.5, 0.6) is 0 Å². The zero-order valence-corrected chi connectivity index (χ0v) is 12.6. The third-order valence-electron chi connectivity index (χ3n) is 3.15. The van der Waals surface area contributed by atoms with Crippen LogP contribution in [0.1, 0.15) is 12.5 Å². The number of benzene rings is 2. The number of hydrogen-bond donors (Lipinski definition) is 1. The Hall–Kier alpha value is -1.84. The van der Waals surface area contributed by atoms with E-state index in [1.165, 1.54) is 0 Å². The van der Waals surface area contributed by atoms with Crippen molar-refractivity contribution in [2.45, 2.75) is 19.4 Å². The topological polar surface area (TPSA) is 52.3 Å². The molecule has 21 heavy (non-hydrogen) atoms. The van der Waals surface area contributed by atoms with Crippen molar-refractivity contribution in [2.75, 3.05) is 6.61 Å². The van der Waals surface area contributed by atoms with Crippen LogP contribution in [0.15, 0.2) is 48.5 Å². The molecule has 0 fully saturated rings. The Morgan fingerprint density at radius 1 is 1.19 bits per heavy atom. The van der Waals surface area contributed by atoms with Gasteiger partial charge in [-0.1, -0.05) is 48.0 Å². The Kier molecular flexibility index (Phi) is 5.37. The van der Waals surface area contributed by atoms with E-state index in [2.05, 4.69) is 0 Å². The molecule has 0 aliphatic carbocycles. The standard InChI is InChI=1S/C17H18ClNO2/c1-2-21-17(20)16(19)11-12-4-3-5-14(10-12)13-6-8-15(18)9-7-13/h3-10,16H,2,11,19H2,1H3/t16-/m1/s1. The minimum absolute atomic E-state index is 0.345. The summed E-state index contributed by atoms with van der Waals surface area (Å²) in [4.78, 5) is 11.6. The van der Waals surface area contributed by atoms with Crippen LogP contribution in [0.4, 0.5) is 0 Å². The van der Waals surface area contributed by atoms with E-state index in [-0.39, 0.29) is 5.97 Å². The maximum absolute atomic E-state index is 11.6. The summed E-state index contributed by atoms with van der Waals surface area (Å²) in [7, 11) is 0. The number of carbonyl (C=O) groups is 1. The van der Waals surface area contributed by atoms with E-state index in [1.807, 2.05) is 48.5 Å². The van der Waals surface area contributed by atoms with E-state index in [4.69, 9.17) is 22.1 Å². The number of halogens is 1. The van der Waals surface area contributed by atoms with Crippen LogP contribution in [-0.2, 0) is 16.0 Å². The molecule has 0 aliphatic heterocycles. The van der Waals surface area contributed by atoms with Gasteiger partial charge in [0.05, 0.1) is 6.61 Å². The van der Waals surface area contributed by atoms with Gasteiger partial charge in [-0.2, -0.15) is 0 Å². The molecule has 2 N–H and O–H groups in total. The molecule has 0 aromatic heterocycles. The van der Waals surface area contributed by atoms with Crippen molar-refractivity contribution in [1.29, 1.82) is 0 Å². The molecule has 4 heteroatoms. The Labute approximate surface area is 129 Å². The monoisotopic (exact) mass is 303 g/mol. The van der Waals surface area contributed by atoms with Crippen LogP contribution in [0.2, 0.25) is 5.02 Å². The van der Waals surface area contributed by atoms with Gasteiger partial charge in [0.2, 0.25) is 0 Å². The number of hydrogen-bond acceptors (Lipinski definition) is 3. The SMILES string of the molecule is CCOC(=O)[C@H](N)Cc1cccc(-c2ccc(Cl)cc2)c1. The van der Waals surface area contributed by atoms with Crippen LogP contribution >= 0.6 is 11.6 Å². The molecule has 1 atom stereocenters. The summed E-state index contributed by atoms with van der Waals surface area (Å²) in [6.07, 6.45) is 0.459. The van der Waals surface area contributed by atoms with Gasteiger partial charge >= 0.3 is 5.97 Å². The van der Waals surface area contributed by atoms with Gasteiger partial charge in [-0.25, -0.2) is 0 Å². The van der Waals surface area contributed by atoms with Gasteiger partial charge in [0.1, 0.15) is 6.04 Å². The number of nitrogens with two attached hydrogens (primary N) is 1. The molecule has 0 saturated heterocycles. The van der Waals surface area contributed by atoms with Crippen LogP contribution in [0.3, 0.4) is 0 Å². The summed E-state index contributed by atoms with van der Waals surface area (Å²) in [6, 6.07) is 15.0. The molecule has 0 spiro atoms. The van der Waals surface area contributed by atoms with Crippen molar-refractivity contribution in [2.24, 2.45) is 5.73 Å². The zero-order chi connectivity index (χ0) is 15.2. The Morgan fingerprint density at radius 3 is 2.57 bits per heavy atom. The molecule has 0 amide bonds. The average Bonchev–Trinajstić information content (AvgIpc) is 2.48. The van der Waals surface area contributed by atoms with Crippen molar-refractivity contribution >= 4 is 17.6 Å². The van der Waals surface area contributed by atoms with Gasteiger partial charge in [-0.05, 0) is 42.2 Å². The fourth-order valence-electron chi connectivity index (χ4n) is 2.11. The Bertz CT molecular complexity index is 610. The van der Waals surface area contributed by atoms with Gasteiger partial charge < -0.3 is 10.5 Å². The van der Waals surface area contributed by atoms with E-state index in [1.54, 1.807) is 6.92 Å². The third kappa shape index (κ3) is 4.31. The van der Waals surface area contributed by atoms with Crippen molar-refractivity contribution in [3.05, 3.63) is 59.1 Å². The minimum Gasteiger partial charge on any atom is -0.465 e. The summed E-state index contributed by atoms with van der Waals surface area (Å²) in [5.74, 6) is -0.366. The van der Waals surface area contributed by atoms with Gasteiger partial charge in [0.25, 0.3) is 0 Å². The highest BCUT2D eigenvalue weighted by Gasteiger charge is 2.15. The van der Waals surface area contributed by atoms with E-state index >= 15 is 0 Å². The van der Waals surface area contributed by atoms with Crippen molar-refractivity contribution in [3.63, 3.8) is 0 Å². The summed E-state index contributed by atoms with van der Waals surface area (Å²) in [5, 5.41) is 0.708. The van der Waals surface area contributed by atoms with E-state index in [9.17, 15) is 4.79 Å². The highest BCUT2D eigenvalue weighted by atomic mass is 35.5. The summed E-state index contributed by atoms with van der Waals surface area (Å²) in [6.45, 7) is 2.11. The van der Waals surface area contributed by atoms with Crippen LogP contribution < -0.4 is 5.73 Å². The highest BCUT2D eigenvalue weighted by Crippen LogP contribution is 2.22. The summed E-state index contributed by atoms with van der Waals surface area (Å²) >= 11 is 5.90. The summed E-state index contributed by atoms with van der Waals surface area (Å²) < 4.78 is 4.93. The molecule has 0 heterocycles. The Balaban J connectivity index is 2.14. The fraction of sp³-hybridized carbons (Fsp3) is 0.235. The molecule has 0 saturated carbocycles. The summed E-state index contributed by atoms with van der Waals surface area (Å²) in [5.41, 5.74) is 9.00. The highest BCUT2D eigenvalue weighted by molar-refractivity contribution is 6.30. The number of carbonyl (C=O) groups excluding carboxylic acids is 1. The Morgan fingerprint density at radius 2 is 1.90 bits per heavy atom. The molecule has 3 nitrogen and oxygen atoms in total. The fourth-order valence-corrected chi connectivity index (χ4v) is 2.23. The molecule has 2 aromatic carbocycles. The lowest BCUT2D eigenvalue weighted by Crippen LogP contribution is -2.34. The number of ether oxygens (including phenoxy) is 1. The average molecular weight is 304 g/mol. The molecule has 0 bridgehead atoms. The second-order valence-corrected chi connectivity index (χ2v) is 5.21. The van der Waals surface area contributed by atoms with Crippen molar-refractivity contribution < 1.29 is 9.53 Å². The first-order chi connectivity index (χ1) is 10.1. The second-order valence-electron chi connectivity index (χ2n) is 4.77. The van der Waals surface area contributed by atoms with Crippen LogP contribution in [0.25, 0.3) is 11.1 Å². The first-order valence-corrected chi connectivity index (χ1v) is 7.25. The maximum atomic E-state index is 11.6.